The average Bonchev–Trinajstić information content (AvgIpc) is 4.15. The number of benzene rings is 4. The SMILES string of the molecule is COc1ccc(C(OC[C@H]2O[C@@H](n3cnc4c(NC(=O)c5ccccc5)ncnc43)C[C@H]2OP(=O)(CO[C@@H]2[CH]C[C@H](n3cc(C)c(=O)[nH]c3=O)O2)OC)(c2ccccc2)c2ccc(OC)cc2)cc1. The van der Waals surface area contributed by atoms with Gasteiger partial charge in [-0.05, 0) is 60.0 Å². The molecule has 2 aliphatic heterocycles. The van der Waals surface area contributed by atoms with E-state index < -0.39 is 61.7 Å². The number of imidazole rings is 1. The van der Waals surface area contributed by atoms with E-state index in [1.807, 2.05) is 84.9 Å². The molecule has 3 aromatic heterocycles. The molecule has 5 heterocycles. The van der Waals surface area contributed by atoms with E-state index in [0.717, 1.165) is 16.7 Å². The number of nitrogens with one attached hydrogen (secondary N) is 2. The van der Waals surface area contributed by atoms with Gasteiger partial charge < -0.3 is 42.8 Å². The maximum absolute atomic E-state index is 14.7. The highest BCUT2D eigenvalue weighted by atomic mass is 31.2. The van der Waals surface area contributed by atoms with E-state index in [-0.39, 0.29) is 31.2 Å². The Morgan fingerprint density at radius 1 is 0.826 bits per heavy atom. The highest BCUT2D eigenvalue weighted by Crippen LogP contribution is 2.53. The summed E-state index contributed by atoms with van der Waals surface area (Å²) in [6, 6.07) is 33.6. The molecule has 357 valence electrons. The fraction of sp³-hybridized carbons (Fsp3) is 0.286. The van der Waals surface area contributed by atoms with E-state index in [2.05, 4.69) is 25.3 Å². The molecule has 1 unspecified atom stereocenters. The van der Waals surface area contributed by atoms with Crippen LogP contribution < -0.4 is 26.0 Å². The normalized spacial score (nSPS) is 20.1. The minimum absolute atomic E-state index is 0.106. The smallest absolute Gasteiger partial charge is 0.356 e. The Hall–Kier alpha value is -6.83. The fourth-order valence-electron chi connectivity index (χ4n) is 8.41. The van der Waals surface area contributed by atoms with E-state index in [0.29, 0.717) is 33.8 Å². The van der Waals surface area contributed by atoms with E-state index in [1.165, 1.54) is 30.5 Å². The molecule has 6 atom stereocenters. The van der Waals surface area contributed by atoms with Crippen molar-refractivity contribution in [3.8, 4) is 11.5 Å². The van der Waals surface area contributed by atoms with Crippen molar-refractivity contribution in [3.05, 3.63) is 183 Å². The summed E-state index contributed by atoms with van der Waals surface area (Å²) in [4.78, 5) is 53.5. The van der Waals surface area contributed by atoms with Gasteiger partial charge in [-0.1, -0.05) is 72.8 Å². The molecule has 2 fully saturated rings. The number of rotatable bonds is 18. The lowest BCUT2D eigenvalue weighted by atomic mass is 9.80. The molecule has 0 spiro atoms. The Morgan fingerprint density at radius 2 is 1.48 bits per heavy atom. The number of amides is 1. The van der Waals surface area contributed by atoms with Gasteiger partial charge in [-0.3, -0.25) is 28.3 Å². The first-order valence-electron chi connectivity index (χ1n) is 21.9. The monoisotopic (exact) mass is 958 g/mol. The van der Waals surface area contributed by atoms with Crippen molar-refractivity contribution in [2.75, 3.05) is 39.6 Å². The molecular formula is C49H49N7O12P. The van der Waals surface area contributed by atoms with Gasteiger partial charge in [0.15, 0.2) is 29.6 Å². The molecule has 0 saturated carbocycles. The number of anilines is 1. The van der Waals surface area contributed by atoms with Crippen LogP contribution in [0.4, 0.5) is 5.82 Å². The van der Waals surface area contributed by atoms with Crippen LogP contribution in [0, 0.1) is 13.3 Å². The molecule has 2 saturated heterocycles. The lowest BCUT2D eigenvalue weighted by Gasteiger charge is -2.37. The number of nitrogens with zero attached hydrogens (tertiary/aromatic N) is 5. The predicted molar refractivity (Wildman–Crippen MR) is 251 cm³/mol. The summed E-state index contributed by atoms with van der Waals surface area (Å²) >= 11 is 0. The second-order valence-corrected chi connectivity index (χ2v) is 18.2. The minimum Gasteiger partial charge on any atom is -0.497 e. The second-order valence-electron chi connectivity index (χ2n) is 16.2. The molecule has 0 aliphatic carbocycles. The van der Waals surface area contributed by atoms with Gasteiger partial charge in [0.1, 0.15) is 48.1 Å². The van der Waals surface area contributed by atoms with E-state index >= 15 is 0 Å². The Morgan fingerprint density at radius 3 is 2.13 bits per heavy atom. The molecule has 1 radical (unpaired) electrons. The number of fused-ring (bicyclic) bond motifs is 1. The quantitative estimate of drug-likeness (QED) is 0.0660. The van der Waals surface area contributed by atoms with E-state index in [9.17, 15) is 18.9 Å². The van der Waals surface area contributed by atoms with Crippen LogP contribution >= 0.6 is 7.60 Å². The Bertz CT molecular complexity index is 3010. The van der Waals surface area contributed by atoms with Crippen LogP contribution in [0.1, 0.15) is 57.9 Å². The average molecular weight is 959 g/mol. The zero-order valence-corrected chi connectivity index (χ0v) is 38.9. The fourth-order valence-corrected chi connectivity index (χ4v) is 9.63. The van der Waals surface area contributed by atoms with E-state index in [1.54, 1.807) is 56.4 Å². The third-order valence-electron chi connectivity index (χ3n) is 12.0. The van der Waals surface area contributed by atoms with Gasteiger partial charge >= 0.3 is 13.3 Å². The van der Waals surface area contributed by atoms with E-state index in [4.69, 9.17) is 37.5 Å². The van der Waals surface area contributed by atoms with Crippen LogP contribution in [0.25, 0.3) is 11.2 Å². The summed E-state index contributed by atoms with van der Waals surface area (Å²) in [6.07, 6.45) is 1.30. The number of ether oxygens (including phenoxy) is 6. The third-order valence-corrected chi connectivity index (χ3v) is 13.6. The summed E-state index contributed by atoms with van der Waals surface area (Å²) in [5.74, 6) is 1.12. The first kappa shape index (κ1) is 47.2. The summed E-state index contributed by atoms with van der Waals surface area (Å²) in [5.41, 5.74) is 1.39. The standard InChI is InChI=1S/C49H49N7O12P/c1-31-26-55(48(59)54-46(31)57)40-23-24-42(67-40)64-30-69(60,63-4)68-38-25-41(56-29-52-43-44(50-28-51-45(43)56)53-47(58)32-11-7-5-8-12-32)66-39(38)27-65-49(33-13-9-6-10-14-33,34-15-19-36(61-2)20-16-34)35-17-21-37(62-3)22-18-35/h5-22,24,26,28-29,38-42H,23,25,27,30H2,1-4H3,(H,54,57,59)(H,50,51,53,58)/t38-,39-,40-,41-,42+,69?/m1/s1. The predicted octanol–water partition coefficient (Wildman–Crippen LogP) is 6.90. The largest absolute Gasteiger partial charge is 0.497 e. The number of hydrogen-bond donors (Lipinski definition) is 2. The van der Waals surface area contributed by atoms with Gasteiger partial charge in [0.25, 0.3) is 11.5 Å². The Kier molecular flexibility index (Phi) is 14.0. The third kappa shape index (κ3) is 9.89. The van der Waals surface area contributed by atoms with Crippen molar-refractivity contribution in [1.29, 1.82) is 0 Å². The topological polar surface area (TPSA) is 218 Å². The summed E-state index contributed by atoms with van der Waals surface area (Å²) in [6.45, 7) is 1.46. The number of methoxy groups -OCH3 is 2. The number of aryl methyl sites for hydroxylation is 1. The lowest BCUT2D eigenvalue weighted by molar-refractivity contribution is -0.133. The number of carbonyl (C=O) groups is 1. The van der Waals surface area contributed by atoms with Gasteiger partial charge in [-0.2, -0.15) is 0 Å². The van der Waals surface area contributed by atoms with Gasteiger partial charge in [-0.15, -0.1) is 0 Å². The molecule has 19 nitrogen and oxygen atoms in total. The zero-order chi connectivity index (χ0) is 48.1. The first-order chi connectivity index (χ1) is 33.5. The second kappa shape index (κ2) is 20.4. The highest BCUT2D eigenvalue weighted by Gasteiger charge is 2.46. The molecule has 7 aromatic rings. The highest BCUT2D eigenvalue weighted by molar-refractivity contribution is 7.53. The molecule has 20 heteroatoms. The van der Waals surface area contributed by atoms with Crippen LogP contribution in [-0.2, 0) is 38.2 Å². The van der Waals surface area contributed by atoms with Crippen LogP contribution in [0.15, 0.2) is 138 Å². The summed E-state index contributed by atoms with van der Waals surface area (Å²) < 4.78 is 66.8. The van der Waals surface area contributed by atoms with Crippen molar-refractivity contribution < 1.29 is 46.8 Å². The molecule has 9 rings (SSSR count). The lowest BCUT2D eigenvalue weighted by Crippen LogP contribution is -2.38. The van der Waals surface area contributed by atoms with Crippen LogP contribution in [0.2, 0.25) is 0 Å². The molecule has 4 aromatic carbocycles. The summed E-state index contributed by atoms with van der Waals surface area (Å²) in [7, 11) is 0.340. The Balaban J connectivity index is 1.03. The zero-order valence-electron chi connectivity index (χ0n) is 38.0. The van der Waals surface area contributed by atoms with Crippen molar-refractivity contribution >= 4 is 30.5 Å². The maximum atomic E-state index is 14.7. The van der Waals surface area contributed by atoms with Crippen LogP contribution in [-0.4, -0.2) is 87.8 Å². The van der Waals surface area contributed by atoms with Gasteiger partial charge in [0.05, 0.1) is 27.2 Å². The van der Waals surface area contributed by atoms with Gasteiger partial charge in [-0.25, -0.2) is 19.7 Å². The van der Waals surface area contributed by atoms with Crippen molar-refractivity contribution in [2.24, 2.45) is 0 Å². The number of aromatic amines is 1. The Labute approximate surface area is 395 Å². The van der Waals surface area contributed by atoms with Crippen molar-refractivity contribution in [1.82, 2.24) is 29.1 Å². The van der Waals surface area contributed by atoms with Crippen LogP contribution in [0.3, 0.4) is 0 Å². The molecule has 0 bridgehead atoms. The first-order valence-corrected chi connectivity index (χ1v) is 23.7. The molecular weight excluding hydrogens is 910 g/mol. The number of H-pyrrole nitrogens is 1. The molecule has 2 aliphatic rings. The molecule has 1 amide bonds. The van der Waals surface area contributed by atoms with Gasteiger partial charge in [0, 0.05) is 43.7 Å². The van der Waals surface area contributed by atoms with Gasteiger partial charge in [0.2, 0.25) is 0 Å². The summed E-state index contributed by atoms with van der Waals surface area (Å²) in [5, 5.41) is 2.84. The molecule has 2 N–H and O–H groups in total. The maximum Gasteiger partial charge on any atom is 0.356 e. The number of aromatic nitrogens is 6. The number of hydrogen-bond acceptors (Lipinski definition) is 15. The minimum atomic E-state index is -4.12. The van der Waals surface area contributed by atoms with Crippen molar-refractivity contribution in [3.63, 3.8) is 0 Å². The van der Waals surface area contributed by atoms with Crippen LogP contribution in [0.5, 0.6) is 11.5 Å². The molecule has 69 heavy (non-hydrogen) atoms. The van der Waals surface area contributed by atoms with Crippen molar-refractivity contribution in [2.45, 2.75) is 56.3 Å². The number of carbonyl (C=O) groups excluding carboxylic acids is 1.